The van der Waals surface area contributed by atoms with Gasteiger partial charge in [0.2, 0.25) is 5.78 Å². The molecule has 0 atom stereocenters. The van der Waals surface area contributed by atoms with Crippen molar-refractivity contribution in [2.75, 3.05) is 44.7 Å². The molecule has 0 bridgehead atoms. The molecule has 0 aliphatic carbocycles. The maximum absolute atomic E-state index is 13.1. The highest BCUT2D eigenvalue weighted by Crippen LogP contribution is 2.27. The molecule has 0 radical (unpaired) electrons. The fourth-order valence-corrected chi connectivity index (χ4v) is 4.28. The van der Waals surface area contributed by atoms with Gasteiger partial charge in [0.15, 0.2) is 0 Å². The summed E-state index contributed by atoms with van der Waals surface area (Å²) in [5.74, 6) is 1.06. The van der Waals surface area contributed by atoms with Crippen LogP contribution in [0.15, 0.2) is 54.7 Å². The Hall–Kier alpha value is -3.30. The molecule has 6 heteroatoms. The molecule has 1 saturated heterocycles. The van der Waals surface area contributed by atoms with Crippen LogP contribution >= 0.6 is 0 Å². The zero-order valence-electron chi connectivity index (χ0n) is 17.3. The fourth-order valence-electron chi connectivity index (χ4n) is 4.28. The Labute approximate surface area is 176 Å². The van der Waals surface area contributed by atoms with Crippen LogP contribution in [0.3, 0.4) is 0 Å². The normalized spacial score (nSPS) is 14.6. The number of carbonyl (C=O) groups excluding carboxylic acids is 1. The van der Waals surface area contributed by atoms with Gasteiger partial charge in [-0.25, -0.2) is 0 Å². The molecule has 1 aliphatic heterocycles. The van der Waals surface area contributed by atoms with Gasteiger partial charge >= 0.3 is 0 Å². The summed E-state index contributed by atoms with van der Waals surface area (Å²) in [6.45, 7) is 4.72. The third-order valence-electron chi connectivity index (χ3n) is 5.86. The maximum atomic E-state index is 13.1. The predicted molar refractivity (Wildman–Crippen MR) is 117 cm³/mol. The summed E-state index contributed by atoms with van der Waals surface area (Å²) in [5, 5.41) is 9.90. The maximum Gasteiger partial charge on any atom is 0.219 e. The summed E-state index contributed by atoms with van der Waals surface area (Å²) >= 11 is 0. The number of rotatable bonds is 7. The average Bonchev–Trinajstić information content (AvgIpc) is 3.17. The van der Waals surface area contributed by atoms with E-state index in [1.807, 2.05) is 53.2 Å². The number of piperazine rings is 1. The molecule has 30 heavy (non-hydrogen) atoms. The number of anilines is 1. The van der Waals surface area contributed by atoms with E-state index in [9.17, 15) is 4.79 Å². The first-order valence-electron chi connectivity index (χ1n) is 10.4. The van der Waals surface area contributed by atoms with Gasteiger partial charge in [-0.3, -0.25) is 4.79 Å². The zero-order chi connectivity index (χ0) is 20.9. The minimum absolute atomic E-state index is 0.169. The van der Waals surface area contributed by atoms with Gasteiger partial charge in [-0.1, -0.05) is 30.3 Å². The van der Waals surface area contributed by atoms with E-state index < -0.39 is 0 Å². The minimum Gasteiger partial charge on any atom is -0.495 e. The SMILES string of the molecule is COc1ccccc1N1CC[NH+](CC(=O)c2cn(CCC#N)c3ccccc23)CC1. The summed E-state index contributed by atoms with van der Waals surface area (Å²) in [6.07, 6.45) is 2.36. The van der Waals surface area contributed by atoms with Crippen LogP contribution in [0.2, 0.25) is 0 Å². The van der Waals surface area contributed by atoms with E-state index in [-0.39, 0.29) is 5.78 Å². The Morgan fingerprint density at radius 3 is 2.63 bits per heavy atom. The van der Waals surface area contributed by atoms with Crippen molar-refractivity contribution < 1.29 is 14.4 Å². The Morgan fingerprint density at radius 1 is 1.13 bits per heavy atom. The first-order valence-corrected chi connectivity index (χ1v) is 10.4. The Kier molecular flexibility index (Phi) is 6.01. The van der Waals surface area contributed by atoms with E-state index in [2.05, 4.69) is 17.0 Å². The van der Waals surface area contributed by atoms with E-state index in [1.54, 1.807) is 7.11 Å². The van der Waals surface area contributed by atoms with Crippen molar-refractivity contribution in [1.82, 2.24) is 4.57 Å². The van der Waals surface area contributed by atoms with E-state index in [0.29, 0.717) is 19.5 Å². The van der Waals surface area contributed by atoms with Gasteiger partial charge in [0.25, 0.3) is 0 Å². The second kappa shape index (κ2) is 9.02. The van der Waals surface area contributed by atoms with E-state index >= 15 is 0 Å². The van der Waals surface area contributed by atoms with E-state index in [0.717, 1.165) is 54.1 Å². The van der Waals surface area contributed by atoms with Gasteiger partial charge in [-0.2, -0.15) is 5.26 Å². The van der Waals surface area contributed by atoms with Crippen molar-refractivity contribution in [3.8, 4) is 11.8 Å². The molecule has 1 aromatic heterocycles. The number of nitrogens with zero attached hydrogens (tertiary/aromatic N) is 3. The summed E-state index contributed by atoms with van der Waals surface area (Å²) in [4.78, 5) is 16.8. The number of fused-ring (bicyclic) bond motifs is 1. The second-order valence-electron chi connectivity index (χ2n) is 7.67. The lowest BCUT2D eigenvalue weighted by Crippen LogP contribution is -3.15. The van der Waals surface area contributed by atoms with Crippen molar-refractivity contribution in [2.45, 2.75) is 13.0 Å². The number of quaternary nitrogens is 1. The van der Waals surface area contributed by atoms with Gasteiger partial charge in [-0.15, -0.1) is 0 Å². The second-order valence-corrected chi connectivity index (χ2v) is 7.67. The Balaban J connectivity index is 1.44. The molecule has 0 saturated carbocycles. The molecule has 3 aromatic rings. The zero-order valence-corrected chi connectivity index (χ0v) is 17.3. The Morgan fingerprint density at radius 2 is 1.87 bits per heavy atom. The van der Waals surface area contributed by atoms with Crippen molar-refractivity contribution in [3.05, 3.63) is 60.3 Å². The third-order valence-corrected chi connectivity index (χ3v) is 5.86. The molecule has 4 rings (SSSR count). The number of carbonyl (C=O) groups is 1. The van der Waals surface area contributed by atoms with Crippen LogP contribution in [0.5, 0.6) is 5.75 Å². The van der Waals surface area contributed by atoms with Crippen molar-refractivity contribution in [3.63, 3.8) is 0 Å². The first-order chi connectivity index (χ1) is 14.7. The number of benzene rings is 2. The summed E-state index contributed by atoms with van der Waals surface area (Å²) in [7, 11) is 1.70. The van der Waals surface area contributed by atoms with Gasteiger partial charge < -0.3 is 19.1 Å². The largest absolute Gasteiger partial charge is 0.495 e. The highest BCUT2D eigenvalue weighted by molar-refractivity contribution is 6.08. The minimum atomic E-state index is 0.169. The lowest BCUT2D eigenvalue weighted by atomic mass is 10.1. The molecule has 0 amide bonds. The molecular formula is C24H27N4O2+. The van der Waals surface area contributed by atoms with Crippen molar-refractivity contribution in [2.24, 2.45) is 0 Å². The van der Waals surface area contributed by atoms with Crippen LogP contribution in [-0.4, -0.2) is 50.2 Å². The van der Waals surface area contributed by atoms with Gasteiger partial charge in [0.05, 0.1) is 51.5 Å². The van der Waals surface area contributed by atoms with Crippen molar-refractivity contribution >= 4 is 22.4 Å². The average molecular weight is 404 g/mol. The molecule has 0 unspecified atom stereocenters. The van der Waals surface area contributed by atoms with Gasteiger partial charge in [0, 0.05) is 29.2 Å². The van der Waals surface area contributed by atoms with E-state index in [1.165, 1.54) is 4.90 Å². The standard InChI is InChI=1S/C24H26N4O2/c1-30-24-10-5-4-9-22(24)27-15-13-26(14-16-27)18-23(29)20-17-28(12-6-11-25)21-8-3-2-7-19(20)21/h2-5,7-10,17H,6,12-16,18H2,1H3/p+1. The Bertz CT molecular complexity index is 1070. The number of hydrogen-bond acceptors (Lipinski definition) is 4. The summed E-state index contributed by atoms with van der Waals surface area (Å²) in [6, 6.07) is 18.2. The molecule has 0 spiro atoms. The van der Waals surface area contributed by atoms with Gasteiger partial charge in [0.1, 0.15) is 12.3 Å². The lowest BCUT2D eigenvalue weighted by Gasteiger charge is -2.34. The number of nitrogens with one attached hydrogen (secondary N) is 1. The topological polar surface area (TPSA) is 62.7 Å². The van der Waals surface area contributed by atoms with Gasteiger partial charge in [-0.05, 0) is 18.2 Å². The van der Waals surface area contributed by atoms with Crippen molar-refractivity contribution in [1.29, 1.82) is 5.26 Å². The number of ketones is 1. The molecule has 154 valence electrons. The molecule has 2 aromatic carbocycles. The highest BCUT2D eigenvalue weighted by atomic mass is 16.5. The quantitative estimate of drug-likeness (QED) is 0.614. The van der Waals surface area contributed by atoms with Crippen LogP contribution < -0.4 is 14.5 Å². The van der Waals surface area contributed by atoms with Crippen LogP contribution in [0.25, 0.3) is 10.9 Å². The number of aryl methyl sites for hydroxylation is 1. The first kappa shape index (κ1) is 20.0. The summed E-state index contributed by atoms with van der Waals surface area (Å²) in [5.41, 5.74) is 2.90. The van der Waals surface area contributed by atoms with Crippen LogP contribution in [0.1, 0.15) is 16.8 Å². The number of methoxy groups -OCH3 is 1. The molecule has 1 N–H and O–H groups in total. The number of ether oxygens (including phenoxy) is 1. The number of hydrogen-bond donors (Lipinski definition) is 1. The van der Waals surface area contributed by atoms with Crippen LogP contribution in [0, 0.1) is 11.3 Å². The molecule has 6 nitrogen and oxygen atoms in total. The number of Topliss-reactive ketones (excluding diaryl/α,β-unsaturated/α-hetero) is 1. The third kappa shape index (κ3) is 4.03. The smallest absolute Gasteiger partial charge is 0.219 e. The lowest BCUT2D eigenvalue weighted by molar-refractivity contribution is -0.892. The van der Waals surface area contributed by atoms with Crippen LogP contribution in [0.4, 0.5) is 5.69 Å². The predicted octanol–water partition coefficient (Wildman–Crippen LogP) is 2.15. The monoisotopic (exact) mass is 403 g/mol. The molecular weight excluding hydrogens is 376 g/mol. The number of nitriles is 1. The highest BCUT2D eigenvalue weighted by Gasteiger charge is 2.25. The molecule has 1 aliphatic rings. The summed E-state index contributed by atoms with van der Waals surface area (Å²) < 4.78 is 7.52. The molecule has 2 heterocycles. The number of para-hydroxylation sites is 3. The molecule has 1 fully saturated rings. The van der Waals surface area contributed by atoms with Crippen LogP contribution in [-0.2, 0) is 6.54 Å². The fraction of sp³-hybridized carbons (Fsp3) is 0.333. The van der Waals surface area contributed by atoms with E-state index in [4.69, 9.17) is 10.00 Å². The number of aromatic nitrogens is 1.